The predicted octanol–water partition coefficient (Wildman–Crippen LogP) is 3.25. The molecule has 104 valence electrons. The maximum atomic E-state index is 9.73. The highest BCUT2D eigenvalue weighted by molar-refractivity contribution is 5.56. The molecule has 2 nitrogen and oxygen atoms in total. The van der Waals surface area contributed by atoms with E-state index in [-0.39, 0.29) is 12.0 Å². The zero-order chi connectivity index (χ0) is 14.0. The first-order chi connectivity index (χ1) is 9.70. The molecule has 0 aromatic heterocycles. The first kappa shape index (κ1) is 13.2. The van der Waals surface area contributed by atoms with Crippen molar-refractivity contribution in [1.82, 2.24) is 0 Å². The van der Waals surface area contributed by atoms with Gasteiger partial charge in [-0.2, -0.15) is 0 Å². The van der Waals surface area contributed by atoms with Crippen LogP contribution in [0.2, 0.25) is 0 Å². The number of benzene rings is 2. The molecular weight excluding hydrogens is 246 g/mol. The van der Waals surface area contributed by atoms with Gasteiger partial charge in [-0.25, -0.2) is 0 Å². The van der Waals surface area contributed by atoms with Crippen molar-refractivity contribution in [3.05, 3.63) is 65.7 Å². The van der Waals surface area contributed by atoms with Crippen molar-refractivity contribution < 1.29 is 5.11 Å². The Labute approximate surface area is 120 Å². The molecule has 3 rings (SSSR count). The third-order valence-electron chi connectivity index (χ3n) is 4.12. The fraction of sp³-hybridized carbons (Fsp3) is 0.333. The molecule has 0 fully saturated rings. The van der Waals surface area contributed by atoms with Crippen LogP contribution in [0.4, 0.5) is 5.69 Å². The summed E-state index contributed by atoms with van der Waals surface area (Å²) in [4.78, 5) is 2.39. The van der Waals surface area contributed by atoms with E-state index in [0.717, 1.165) is 19.5 Å². The van der Waals surface area contributed by atoms with E-state index < -0.39 is 0 Å². The second kappa shape index (κ2) is 5.29. The van der Waals surface area contributed by atoms with Gasteiger partial charge in [-0.1, -0.05) is 55.5 Å². The van der Waals surface area contributed by atoms with E-state index in [4.69, 9.17) is 0 Å². The normalized spacial score (nSPS) is 21.6. The molecule has 1 N–H and O–H groups in total. The lowest BCUT2D eigenvalue weighted by Gasteiger charge is -2.42. The first-order valence-electron chi connectivity index (χ1n) is 7.18. The summed E-state index contributed by atoms with van der Waals surface area (Å²) in [5.41, 5.74) is 3.90. The van der Waals surface area contributed by atoms with Crippen LogP contribution in [-0.4, -0.2) is 18.3 Å². The summed E-state index contributed by atoms with van der Waals surface area (Å²) < 4.78 is 0. The van der Waals surface area contributed by atoms with Gasteiger partial charge in [0.25, 0.3) is 0 Å². The van der Waals surface area contributed by atoms with Gasteiger partial charge >= 0.3 is 0 Å². The Morgan fingerprint density at radius 3 is 2.50 bits per heavy atom. The fourth-order valence-corrected chi connectivity index (χ4v) is 3.08. The molecule has 0 aliphatic carbocycles. The van der Waals surface area contributed by atoms with Crippen LogP contribution in [0.15, 0.2) is 54.6 Å². The van der Waals surface area contributed by atoms with E-state index >= 15 is 0 Å². The Balaban J connectivity index is 1.93. The van der Waals surface area contributed by atoms with Crippen molar-refractivity contribution in [2.24, 2.45) is 5.41 Å². The van der Waals surface area contributed by atoms with E-state index in [9.17, 15) is 5.11 Å². The molecule has 1 heterocycles. The Morgan fingerprint density at radius 2 is 1.75 bits per heavy atom. The van der Waals surface area contributed by atoms with E-state index in [1.165, 1.54) is 16.8 Å². The highest BCUT2D eigenvalue weighted by Gasteiger charge is 2.33. The number of para-hydroxylation sites is 1. The molecule has 2 aromatic rings. The van der Waals surface area contributed by atoms with Crippen LogP contribution < -0.4 is 4.90 Å². The monoisotopic (exact) mass is 267 g/mol. The van der Waals surface area contributed by atoms with Crippen LogP contribution in [0.5, 0.6) is 0 Å². The average molecular weight is 267 g/mol. The molecule has 0 bridgehead atoms. The molecule has 0 saturated carbocycles. The molecule has 1 aliphatic rings. The van der Waals surface area contributed by atoms with Gasteiger partial charge in [0.05, 0.1) is 6.61 Å². The third kappa shape index (κ3) is 2.56. The topological polar surface area (TPSA) is 23.5 Å². The minimum Gasteiger partial charge on any atom is -0.396 e. The van der Waals surface area contributed by atoms with Gasteiger partial charge in [-0.3, -0.25) is 0 Å². The summed E-state index contributed by atoms with van der Waals surface area (Å²) in [6.07, 6.45) is 0.949. The number of hydrogen-bond acceptors (Lipinski definition) is 2. The summed E-state index contributed by atoms with van der Waals surface area (Å²) in [5.74, 6) is 0. The average Bonchev–Trinajstić information content (AvgIpc) is 2.48. The third-order valence-corrected chi connectivity index (χ3v) is 4.12. The maximum absolute atomic E-state index is 9.73. The Bertz CT molecular complexity index is 581. The number of nitrogens with zero attached hydrogens (tertiary/aromatic N) is 1. The van der Waals surface area contributed by atoms with Gasteiger partial charge < -0.3 is 10.0 Å². The standard InChI is InChI=1S/C18H21NO/c1-18(14-20)11-16-9-5-6-10-17(16)19(13-18)12-15-7-3-2-4-8-15/h2-10,20H,11-14H2,1H3. The zero-order valence-electron chi connectivity index (χ0n) is 11.9. The van der Waals surface area contributed by atoms with Gasteiger partial charge in [0.2, 0.25) is 0 Å². The quantitative estimate of drug-likeness (QED) is 0.922. The van der Waals surface area contributed by atoms with Crippen molar-refractivity contribution in [3.63, 3.8) is 0 Å². The van der Waals surface area contributed by atoms with Crippen LogP contribution in [-0.2, 0) is 13.0 Å². The summed E-state index contributed by atoms with van der Waals surface area (Å²) in [7, 11) is 0. The predicted molar refractivity (Wildman–Crippen MR) is 82.8 cm³/mol. The minimum atomic E-state index is -0.0524. The summed E-state index contributed by atoms with van der Waals surface area (Å²) in [5, 5.41) is 9.73. The van der Waals surface area contributed by atoms with Gasteiger partial charge in [0.1, 0.15) is 0 Å². The molecule has 0 amide bonds. The van der Waals surface area contributed by atoms with Crippen molar-refractivity contribution >= 4 is 5.69 Å². The summed E-state index contributed by atoms with van der Waals surface area (Å²) in [6, 6.07) is 19.1. The maximum Gasteiger partial charge on any atom is 0.0504 e. The van der Waals surface area contributed by atoms with Gasteiger partial charge in [-0.05, 0) is 23.6 Å². The van der Waals surface area contributed by atoms with Crippen LogP contribution in [0, 0.1) is 5.41 Å². The van der Waals surface area contributed by atoms with E-state index in [2.05, 4.69) is 60.4 Å². The number of fused-ring (bicyclic) bond motifs is 1. The van der Waals surface area contributed by atoms with Crippen LogP contribution in [0.25, 0.3) is 0 Å². The number of hydrogen-bond donors (Lipinski definition) is 1. The number of aliphatic hydroxyl groups excluding tert-OH is 1. The Morgan fingerprint density at radius 1 is 1.05 bits per heavy atom. The molecule has 2 aromatic carbocycles. The molecule has 1 atom stereocenters. The number of aliphatic hydroxyl groups is 1. The van der Waals surface area contributed by atoms with Crippen LogP contribution >= 0.6 is 0 Å². The fourth-order valence-electron chi connectivity index (χ4n) is 3.08. The summed E-state index contributed by atoms with van der Waals surface area (Å²) in [6.45, 7) is 4.19. The molecule has 0 spiro atoms. The molecule has 20 heavy (non-hydrogen) atoms. The SMILES string of the molecule is CC1(CO)Cc2ccccc2N(Cc2ccccc2)C1. The Hall–Kier alpha value is -1.80. The van der Waals surface area contributed by atoms with Crippen molar-refractivity contribution in [2.75, 3.05) is 18.1 Å². The van der Waals surface area contributed by atoms with E-state index in [0.29, 0.717) is 0 Å². The smallest absolute Gasteiger partial charge is 0.0504 e. The van der Waals surface area contributed by atoms with Crippen molar-refractivity contribution in [2.45, 2.75) is 19.9 Å². The molecule has 2 heteroatoms. The second-order valence-corrected chi connectivity index (χ2v) is 6.12. The lowest BCUT2D eigenvalue weighted by molar-refractivity contribution is 0.142. The van der Waals surface area contributed by atoms with E-state index in [1.54, 1.807) is 0 Å². The largest absolute Gasteiger partial charge is 0.396 e. The molecule has 0 saturated heterocycles. The molecule has 1 aliphatic heterocycles. The second-order valence-electron chi connectivity index (χ2n) is 6.12. The van der Waals surface area contributed by atoms with Gasteiger partial charge in [-0.15, -0.1) is 0 Å². The number of rotatable bonds is 3. The molecular formula is C18H21NO. The van der Waals surface area contributed by atoms with E-state index in [1.807, 2.05) is 6.07 Å². The molecule has 1 unspecified atom stereocenters. The lowest BCUT2D eigenvalue weighted by atomic mass is 9.80. The first-order valence-corrected chi connectivity index (χ1v) is 7.18. The number of anilines is 1. The van der Waals surface area contributed by atoms with Gasteiger partial charge in [0, 0.05) is 24.2 Å². The van der Waals surface area contributed by atoms with Crippen LogP contribution in [0.3, 0.4) is 0 Å². The zero-order valence-corrected chi connectivity index (χ0v) is 11.9. The lowest BCUT2D eigenvalue weighted by Crippen LogP contribution is -2.43. The molecule has 0 radical (unpaired) electrons. The van der Waals surface area contributed by atoms with Crippen LogP contribution in [0.1, 0.15) is 18.1 Å². The summed E-state index contributed by atoms with van der Waals surface area (Å²) >= 11 is 0. The van der Waals surface area contributed by atoms with Gasteiger partial charge in [0.15, 0.2) is 0 Å². The Kier molecular flexibility index (Phi) is 3.49. The minimum absolute atomic E-state index is 0.0524. The van der Waals surface area contributed by atoms with Crippen molar-refractivity contribution in [3.8, 4) is 0 Å². The highest BCUT2D eigenvalue weighted by Crippen LogP contribution is 2.36. The van der Waals surface area contributed by atoms with Crippen molar-refractivity contribution in [1.29, 1.82) is 0 Å². The highest BCUT2D eigenvalue weighted by atomic mass is 16.3.